The van der Waals surface area contributed by atoms with E-state index >= 15 is 0 Å². The lowest BCUT2D eigenvalue weighted by molar-refractivity contribution is -0.120. The molecule has 0 spiro atoms. The molecule has 2 aromatic carbocycles. The van der Waals surface area contributed by atoms with Crippen LogP contribution in [0.4, 0.5) is 11.4 Å². The zero-order chi connectivity index (χ0) is 27.4. The highest BCUT2D eigenvalue weighted by molar-refractivity contribution is 5.97. The Morgan fingerprint density at radius 3 is 2.34 bits per heavy atom. The van der Waals surface area contributed by atoms with Crippen LogP contribution >= 0.6 is 0 Å². The van der Waals surface area contributed by atoms with E-state index in [1.165, 1.54) is 38.2 Å². The number of fused-ring (bicyclic) bond motifs is 1. The molecule has 8 heteroatoms. The number of carbonyl (C=O) groups excluding carboxylic acids is 2. The fraction of sp³-hybridized carbons (Fsp3) is 0.433. The molecule has 8 nitrogen and oxygen atoms in total. The van der Waals surface area contributed by atoms with E-state index in [4.69, 9.17) is 15.9 Å². The van der Waals surface area contributed by atoms with Gasteiger partial charge in [-0.2, -0.15) is 0 Å². The molecule has 1 aliphatic rings. The van der Waals surface area contributed by atoms with Gasteiger partial charge in [-0.1, -0.05) is 45.2 Å². The fourth-order valence-electron chi connectivity index (χ4n) is 5.23. The second-order valence-electron chi connectivity index (χ2n) is 10.9. The zero-order valence-electron chi connectivity index (χ0n) is 22.4. The Morgan fingerprint density at radius 2 is 1.71 bits per heavy atom. The van der Waals surface area contributed by atoms with Gasteiger partial charge in [0.05, 0.1) is 16.8 Å². The van der Waals surface area contributed by atoms with Crippen LogP contribution in [-0.2, 0) is 4.79 Å². The Labute approximate surface area is 223 Å². The average Bonchev–Trinajstić information content (AvgIpc) is 2.89. The van der Waals surface area contributed by atoms with Gasteiger partial charge >= 0.3 is 0 Å². The number of primary amides is 1. The summed E-state index contributed by atoms with van der Waals surface area (Å²) in [4.78, 5) is 37.3. The lowest BCUT2D eigenvalue weighted by Crippen LogP contribution is -2.45. The van der Waals surface area contributed by atoms with Crippen molar-refractivity contribution >= 4 is 34.2 Å². The van der Waals surface area contributed by atoms with Crippen LogP contribution in [0.5, 0.6) is 0 Å². The Balaban J connectivity index is 1.56. The van der Waals surface area contributed by atoms with Crippen LogP contribution in [0, 0.1) is 11.8 Å². The van der Waals surface area contributed by atoms with Gasteiger partial charge < -0.3 is 26.5 Å². The van der Waals surface area contributed by atoms with Crippen LogP contribution in [0.15, 0.2) is 51.7 Å². The summed E-state index contributed by atoms with van der Waals surface area (Å²) >= 11 is 0. The van der Waals surface area contributed by atoms with E-state index in [1.54, 1.807) is 36.4 Å². The number of nitrogens with one attached hydrogen (secondary N) is 2. The highest BCUT2D eigenvalue weighted by Gasteiger charge is 2.22. The summed E-state index contributed by atoms with van der Waals surface area (Å²) in [5.41, 5.74) is 14.3. The minimum absolute atomic E-state index is 0.195. The first-order valence-corrected chi connectivity index (χ1v) is 13.5. The summed E-state index contributed by atoms with van der Waals surface area (Å²) in [6.45, 7) is 6.09. The van der Waals surface area contributed by atoms with Crippen molar-refractivity contribution in [2.45, 2.75) is 71.4 Å². The second kappa shape index (κ2) is 11.7. The first-order chi connectivity index (χ1) is 18.1. The number of nitrogen functional groups attached to an aromatic ring is 1. The van der Waals surface area contributed by atoms with Gasteiger partial charge in [-0.05, 0) is 56.2 Å². The Morgan fingerprint density at radius 1 is 1.03 bits per heavy atom. The number of carbonyl (C=O) groups is 2. The Bertz CT molecular complexity index is 1360. The van der Waals surface area contributed by atoms with Crippen LogP contribution in [-0.4, -0.2) is 23.9 Å². The maximum atomic E-state index is 12.9. The zero-order valence-corrected chi connectivity index (χ0v) is 22.4. The molecule has 202 valence electrons. The second-order valence-corrected chi connectivity index (χ2v) is 10.9. The van der Waals surface area contributed by atoms with Gasteiger partial charge in [0.1, 0.15) is 17.4 Å². The van der Waals surface area contributed by atoms with Crippen molar-refractivity contribution in [1.29, 1.82) is 0 Å². The summed E-state index contributed by atoms with van der Waals surface area (Å²) in [5.74, 6) is 0.229. The van der Waals surface area contributed by atoms with Crippen molar-refractivity contribution in [1.82, 2.24) is 5.32 Å². The maximum absolute atomic E-state index is 12.9. The standard InChI is InChI=1S/C30H38N4O4/c1-17(2)13-25(29(32)36)34-30(37)21-11-9-20(10-12-21)27-16-26(35)22-14-23(31)24(15-28(22)38-27)33-18(3)19-7-5-4-6-8-19/h9-12,14-19,25,33H,4-8,13,31H2,1-3H3,(H2,32,36)(H,34,37)/t18-,25+/m1/s1. The Kier molecular flexibility index (Phi) is 8.39. The minimum atomic E-state index is -0.739. The monoisotopic (exact) mass is 518 g/mol. The van der Waals surface area contributed by atoms with E-state index in [0.717, 1.165) is 5.69 Å². The van der Waals surface area contributed by atoms with Crippen LogP contribution in [0.3, 0.4) is 0 Å². The highest BCUT2D eigenvalue weighted by atomic mass is 16.3. The van der Waals surface area contributed by atoms with E-state index in [9.17, 15) is 14.4 Å². The van der Waals surface area contributed by atoms with Gasteiger partial charge in [-0.25, -0.2) is 0 Å². The number of anilines is 2. The predicted molar refractivity (Wildman–Crippen MR) is 152 cm³/mol. The van der Waals surface area contributed by atoms with Crippen molar-refractivity contribution < 1.29 is 14.0 Å². The largest absolute Gasteiger partial charge is 0.456 e. The number of nitrogens with two attached hydrogens (primary N) is 2. The Hall–Kier alpha value is -3.81. The van der Waals surface area contributed by atoms with Gasteiger partial charge in [-0.3, -0.25) is 14.4 Å². The topological polar surface area (TPSA) is 140 Å². The number of rotatable bonds is 9. The van der Waals surface area contributed by atoms with E-state index in [2.05, 4.69) is 17.6 Å². The molecule has 0 unspecified atom stereocenters. The number of hydrogen-bond acceptors (Lipinski definition) is 6. The van der Waals surface area contributed by atoms with Crippen molar-refractivity contribution in [3.63, 3.8) is 0 Å². The maximum Gasteiger partial charge on any atom is 0.251 e. The molecule has 1 heterocycles. The van der Waals surface area contributed by atoms with Crippen LogP contribution < -0.4 is 27.5 Å². The molecule has 2 atom stereocenters. The smallest absolute Gasteiger partial charge is 0.251 e. The molecule has 1 fully saturated rings. The summed E-state index contributed by atoms with van der Waals surface area (Å²) < 4.78 is 6.13. The highest BCUT2D eigenvalue weighted by Crippen LogP contribution is 2.32. The molecule has 1 saturated carbocycles. The molecule has 38 heavy (non-hydrogen) atoms. The SMILES string of the molecule is CC(C)C[C@H](NC(=O)c1ccc(-c2cc(=O)c3cc(N)c(N[C@H](C)C4CCCCC4)cc3o2)cc1)C(N)=O. The molecule has 0 saturated heterocycles. The number of hydrogen-bond donors (Lipinski definition) is 4. The predicted octanol–water partition coefficient (Wildman–Crippen LogP) is 5.05. The molecule has 1 aliphatic carbocycles. The normalized spacial score (nSPS) is 15.8. The van der Waals surface area contributed by atoms with Crippen LogP contribution in [0.2, 0.25) is 0 Å². The van der Waals surface area contributed by atoms with Gasteiger partial charge in [-0.15, -0.1) is 0 Å². The van der Waals surface area contributed by atoms with E-state index in [-0.39, 0.29) is 23.3 Å². The lowest BCUT2D eigenvalue weighted by Gasteiger charge is -2.29. The molecule has 0 radical (unpaired) electrons. The summed E-state index contributed by atoms with van der Waals surface area (Å²) in [6.07, 6.45) is 6.68. The molecule has 4 rings (SSSR count). The molecule has 2 amide bonds. The van der Waals surface area contributed by atoms with Gasteiger partial charge in [0, 0.05) is 29.3 Å². The van der Waals surface area contributed by atoms with E-state index in [1.807, 2.05) is 13.8 Å². The lowest BCUT2D eigenvalue weighted by atomic mass is 9.84. The van der Waals surface area contributed by atoms with Crippen LogP contribution in [0.25, 0.3) is 22.3 Å². The fourth-order valence-corrected chi connectivity index (χ4v) is 5.23. The summed E-state index contributed by atoms with van der Waals surface area (Å²) in [6, 6.07) is 11.1. The molecular formula is C30H38N4O4. The molecule has 6 N–H and O–H groups in total. The molecule has 1 aromatic heterocycles. The third-order valence-electron chi connectivity index (χ3n) is 7.43. The van der Waals surface area contributed by atoms with Gasteiger partial charge in [0.2, 0.25) is 5.91 Å². The summed E-state index contributed by atoms with van der Waals surface area (Å²) in [7, 11) is 0. The minimum Gasteiger partial charge on any atom is -0.456 e. The first-order valence-electron chi connectivity index (χ1n) is 13.5. The van der Waals surface area contributed by atoms with Crippen molar-refractivity contribution in [2.24, 2.45) is 17.6 Å². The third-order valence-corrected chi connectivity index (χ3v) is 7.43. The van der Waals surface area contributed by atoms with Crippen molar-refractivity contribution in [2.75, 3.05) is 11.1 Å². The van der Waals surface area contributed by atoms with Crippen LogP contribution in [0.1, 0.15) is 69.7 Å². The van der Waals surface area contributed by atoms with Crippen molar-refractivity contribution in [3.8, 4) is 11.3 Å². The quantitative estimate of drug-likeness (QED) is 0.292. The van der Waals surface area contributed by atoms with Gasteiger partial charge in [0.25, 0.3) is 5.91 Å². The van der Waals surface area contributed by atoms with E-state index in [0.29, 0.717) is 45.9 Å². The first kappa shape index (κ1) is 27.2. The molecule has 0 aliphatic heterocycles. The molecule has 0 bridgehead atoms. The van der Waals surface area contributed by atoms with E-state index < -0.39 is 11.9 Å². The van der Waals surface area contributed by atoms with Crippen molar-refractivity contribution in [3.05, 3.63) is 58.3 Å². The molecule has 3 aromatic rings. The third kappa shape index (κ3) is 6.36. The summed E-state index contributed by atoms with van der Waals surface area (Å²) in [5, 5.41) is 6.66. The average molecular weight is 519 g/mol. The molecular weight excluding hydrogens is 480 g/mol. The van der Waals surface area contributed by atoms with Gasteiger partial charge in [0.15, 0.2) is 5.43 Å². The number of amides is 2. The number of benzene rings is 2.